The van der Waals surface area contributed by atoms with Gasteiger partial charge in [0.1, 0.15) is 16.6 Å². The van der Waals surface area contributed by atoms with E-state index in [0.29, 0.717) is 23.0 Å². The van der Waals surface area contributed by atoms with Gasteiger partial charge in [-0.2, -0.15) is 0 Å². The monoisotopic (exact) mass is 478 g/mol. The van der Waals surface area contributed by atoms with E-state index in [4.69, 9.17) is 0 Å². The molecular weight excluding hydrogens is 445 g/mol. The van der Waals surface area contributed by atoms with Crippen molar-refractivity contribution in [3.8, 4) is 11.1 Å². The number of hydrogen-bond acceptors (Lipinski definition) is 2. The summed E-state index contributed by atoms with van der Waals surface area (Å²) in [6, 6.07) is 9.10. The minimum absolute atomic E-state index is 0.136. The van der Waals surface area contributed by atoms with Crippen LogP contribution >= 0.6 is 0 Å². The summed E-state index contributed by atoms with van der Waals surface area (Å²) in [4.78, 5) is 0. The number of fused-ring (bicyclic) bond motifs is 1. The third kappa shape index (κ3) is 5.76. The highest BCUT2D eigenvalue weighted by atomic mass is 32.2. The van der Waals surface area contributed by atoms with Crippen molar-refractivity contribution < 1.29 is 17.7 Å². The normalized spacial score (nSPS) is 14.8. The number of nitrogens with one attached hydrogen (secondary N) is 1. The van der Waals surface area contributed by atoms with Crippen LogP contribution in [-0.4, -0.2) is 20.3 Å². The molecule has 3 aromatic rings. The second kappa shape index (κ2) is 9.35. The molecule has 3 nitrogen and oxygen atoms in total. The Morgan fingerprint density at radius 3 is 2.21 bits per heavy atom. The van der Waals surface area contributed by atoms with Gasteiger partial charge in [-0.25, -0.2) is 13.2 Å². The van der Waals surface area contributed by atoms with Gasteiger partial charge >= 0.3 is 0 Å². The molecule has 0 spiro atoms. The average Bonchev–Trinajstić information content (AvgIpc) is 3.00. The number of aromatic nitrogens is 1. The summed E-state index contributed by atoms with van der Waals surface area (Å²) in [6.45, 7) is 13.8. The third-order valence-corrected chi connectivity index (χ3v) is 7.04. The number of aryl methyl sites for hydroxylation is 1. The van der Waals surface area contributed by atoms with E-state index in [0.717, 1.165) is 11.1 Å². The van der Waals surface area contributed by atoms with Crippen LogP contribution in [0.25, 0.3) is 22.0 Å². The summed E-state index contributed by atoms with van der Waals surface area (Å²) in [5.41, 5.74) is 2.91. The fraction of sp³-hybridized carbons (Fsp3) is 0.462. The summed E-state index contributed by atoms with van der Waals surface area (Å²) in [5.74, 6) is -0.475. The SMILES string of the molecule is Cc1ccccc1-c1cc2c(cc1F)c([C@H](N[S+]([O-])C(C)(C)C)C(F)F)cn2CC(C)(C)C. The van der Waals surface area contributed by atoms with Gasteiger partial charge in [0.25, 0.3) is 6.43 Å². The van der Waals surface area contributed by atoms with Crippen LogP contribution in [0.4, 0.5) is 13.2 Å². The van der Waals surface area contributed by atoms with Gasteiger partial charge in [0.15, 0.2) is 0 Å². The van der Waals surface area contributed by atoms with Crippen molar-refractivity contribution in [2.45, 2.75) is 72.2 Å². The predicted molar refractivity (Wildman–Crippen MR) is 131 cm³/mol. The second-order valence-corrected chi connectivity index (χ2v) is 12.7. The highest BCUT2D eigenvalue weighted by Crippen LogP contribution is 2.37. The fourth-order valence-corrected chi connectivity index (χ4v) is 4.67. The van der Waals surface area contributed by atoms with Gasteiger partial charge in [0, 0.05) is 46.1 Å². The average molecular weight is 479 g/mol. The van der Waals surface area contributed by atoms with Crippen molar-refractivity contribution in [1.29, 1.82) is 0 Å². The first-order valence-electron chi connectivity index (χ1n) is 11.0. The summed E-state index contributed by atoms with van der Waals surface area (Å²) >= 11 is -1.72. The molecule has 3 rings (SSSR count). The first-order chi connectivity index (χ1) is 15.2. The Labute approximate surface area is 197 Å². The molecule has 0 saturated heterocycles. The maximum atomic E-state index is 15.4. The van der Waals surface area contributed by atoms with Crippen molar-refractivity contribution in [2.24, 2.45) is 5.41 Å². The number of alkyl halides is 2. The zero-order valence-electron chi connectivity index (χ0n) is 20.3. The Kier molecular flexibility index (Phi) is 7.27. The van der Waals surface area contributed by atoms with Gasteiger partial charge in [-0.15, -0.1) is 4.72 Å². The zero-order valence-corrected chi connectivity index (χ0v) is 21.1. The topological polar surface area (TPSA) is 40.0 Å². The molecule has 0 aliphatic carbocycles. The van der Waals surface area contributed by atoms with Crippen LogP contribution < -0.4 is 4.72 Å². The van der Waals surface area contributed by atoms with Gasteiger partial charge in [0.05, 0.1) is 0 Å². The van der Waals surface area contributed by atoms with Crippen molar-refractivity contribution >= 4 is 22.3 Å². The first-order valence-corrected chi connectivity index (χ1v) is 12.2. The Morgan fingerprint density at radius 1 is 1.03 bits per heavy atom. The van der Waals surface area contributed by atoms with Gasteiger partial charge in [-0.1, -0.05) is 45.0 Å². The quantitative estimate of drug-likeness (QED) is 0.382. The summed E-state index contributed by atoms with van der Waals surface area (Å²) in [6.07, 6.45) is -1.16. The molecule has 1 aromatic heterocycles. The van der Waals surface area contributed by atoms with E-state index in [1.54, 1.807) is 33.0 Å². The molecule has 1 unspecified atom stereocenters. The Hall–Kier alpha value is -1.96. The van der Waals surface area contributed by atoms with Crippen LogP contribution in [0.15, 0.2) is 42.6 Å². The number of rotatable bonds is 6. The number of halogens is 3. The maximum absolute atomic E-state index is 15.4. The van der Waals surface area contributed by atoms with Crippen LogP contribution in [-0.2, 0) is 17.9 Å². The van der Waals surface area contributed by atoms with Crippen molar-refractivity contribution in [3.63, 3.8) is 0 Å². The standard InChI is InChI=1S/C26H33F3N2OS/c1-16-10-8-9-11-17(16)18-13-22-19(12-21(18)27)20(14-31(22)15-25(2,3)4)23(24(28)29)30-33(32)26(5,6)7/h8-14,23-24,30H,15H2,1-7H3/t23-,33?/m0/s1. The Bertz CT molecular complexity index is 1130. The van der Waals surface area contributed by atoms with E-state index in [9.17, 15) is 13.3 Å². The Morgan fingerprint density at radius 2 is 1.67 bits per heavy atom. The zero-order chi connectivity index (χ0) is 24.7. The first kappa shape index (κ1) is 25.7. The predicted octanol–water partition coefficient (Wildman–Crippen LogP) is 7.16. The molecular formula is C26H33F3N2OS. The van der Waals surface area contributed by atoms with Crippen molar-refractivity contribution in [3.05, 3.63) is 59.5 Å². The molecule has 0 radical (unpaired) electrons. The smallest absolute Gasteiger partial charge is 0.262 e. The molecule has 0 fully saturated rings. The van der Waals surface area contributed by atoms with Gasteiger partial charge in [-0.05, 0) is 56.4 Å². The molecule has 0 bridgehead atoms. The molecule has 180 valence electrons. The van der Waals surface area contributed by atoms with Gasteiger partial charge < -0.3 is 9.12 Å². The maximum Gasteiger partial charge on any atom is 0.262 e. The second-order valence-electron chi connectivity index (χ2n) is 10.7. The molecule has 2 aromatic carbocycles. The third-order valence-electron chi connectivity index (χ3n) is 5.46. The van der Waals surface area contributed by atoms with E-state index in [1.165, 1.54) is 6.07 Å². The van der Waals surface area contributed by atoms with E-state index in [1.807, 2.05) is 35.8 Å². The van der Waals surface area contributed by atoms with Crippen LogP contribution in [0, 0.1) is 18.2 Å². The number of benzene rings is 2. The summed E-state index contributed by atoms with van der Waals surface area (Å²) in [7, 11) is 0. The molecule has 33 heavy (non-hydrogen) atoms. The van der Waals surface area contributed by atoms with Crippen LogP contribution in [0.1, 0.15) is 58.7 Å². The molecule has 0 amide bonds. The molecule has 1 heterocycles. The summed E-state index contributed by atoms with van der Waals surface area (Å²) < 4.78 is 60.2. The van der Waals surface area contributed by atoms with Crippen LogP contribution in [0.3, 0.4) is 0 Å². The van der Waals surface area contributed by atoms with Gasteiger partial charge in [-0.3, -0.25) is 0 Å². The highest BCUT2D eigenvalue weighted by molar-refractivity contribution is 7.90. The number of hydrogen-bond donors (Lipinski definition) is 1. The van der Waals surface area contributed by atoms with Crippen LogP contribution in [0.2, 0.25) is 0 Å². The van der Waals surface area contributed by atoms with Crippen molar-refractivity contribution in [1.82, 2.24) is 9.29 Å². The lowest BCUT2D eigenvalue weighted by atomic mass is 9.96. The lowest BCUT2D eigenvalue weighted by Gasteiger charge is -2.27. The fourth-order valence-electron chi connectivity index (χ4n) is 3.85. The lowest BCUT2D eigenvalue weighted by molar-refractivity contribution is 0.109. The van der Waals surface area contributed by atoms with Gasteiger partial charge in [0.2, 0.25) is 0 Å². The van der Waals surface area contributed by atoms with E-state index >= 15 is 4.39 Å². The molecule has 0 saturated carbocycles. The molecule has 0 aliphatic heterocycles. The molecule has 7 heteroatoms. The van der Waals surface area contributed by atoms with E-state index in [2.05, 4.69) is 25.5 Å². The van der Waals surface area contributed by atoms with E-state index in [-0.39, 0.29) is 11.0 Å². The summed E-state index contributed by atoms with van der Waals surface area (Å²) in [5, 5.41) is 0.401. The Balaban J connectivity index is 2.23. The van der Waals surface area contributed by atoms with Crippen molar-refractivity contribution in [2.75, 3.05) is 0 Å². The van der Waals surface area contributed by atoms with Crippen LogP contribution in [0.5, 0.6) is 0 Å². The minimum Gasteiger partial charge on any atom is -0.598 e. The lowest BCUT2D eigenvalue weighted by Crippen LogP contribution is -2.43. The molecule has 2 atom stereocenters. The van der Waals surface area contributed by atoms with E-state index < -0.39 is 34.4 Å². The molecule has 1 N–H and O–H groups in total. The molecule has 0 aliphatic rings. The largest absolute Gasteiger partial charge is 0.598 e. The minimum atomic E-state index is -2.82. The highest BCUT2D eigenvalue weighted by Gasteiger charge is 2.36. The number of nitrogens with zero attached hydrogens (tertiary/aromatic N) is 1.